The van der Waals surface area contributed by atoms with Gasteiger partial charge in [-0.15, -0.1) is 0 Å². The number of carbonyl (C=O) groups excluding carboxylic acids is 1. The molecule has 4 rings (SSSR count). The lowest BCUT2D eigenvalue weighted by Crippen LogP contribution is -2.20. The highest BCUT2D eigenvalue weighted by molar-refractivity contribution is 5.71. The number of halogens is 2. The van der Waals surface area contributed by atoms with Gasteiger partial charge in [-0.25, -0.2) is 13.6 Å². The first-order valence-electron chi connectivity index (χ1n) is 8.55. The number of benzene rings is 2. The number of aromatic nitrogens is 1. The van der Waals surface area contributed by atoms with Gasteiger partial charge in [0.2, 0.25) is 0 Å². The summed E-state index contributed by atoms with van der Waals surface area (Å²) in [6.45, 7) is 0. The van der Waals surface area contributed by atoms with Gasteiger partial charge in [0.15, 0.2) is 6.10 Å². The van der Waals surface area contributed by atoms with Crippen LogP contribution in [-0.4, -0.2) is 11.1 Å². The standard InChI is InChI=1S/C22H14F2N2O2/c23-17-7-3-14(4-8-17)1-2-15-11-12-25-19(13-15)20-21(28-22(27)26-20)16-5-9-18(24)10-6-16/h3-13,20-21H,(H,26,27)/t20-,21-/m0/s1. The Labute approximate surface area is 160 Å². The van der Waals surface area contributed by atoms with Gasteiger partial charge in [0.1, 0.15) is 17.7 Å². The first kappa shape index (κ1) is 17.7. The van der Waals surface area contributed by atoms with Crippen LogP contribution in [-0.2, 0) is 4.74 Å². The highest BCUT2D eigenvalue weighted by atomic mass is 19.1. The number of ether oxygens (including phenoxy) is 1. The zero-order valence-corrected chi connectivity index (χ0v) is 14.5. The topological polar surface area (TPSA) is 51.2 Å². The number of alkyl carbamates (subject to hydrolysis) is 1. The van der Waals surface area contributed by atoms with Gasteiger partial charge in [0, 0.05) is 17.3 Å². The lowest BCUT2D eigenvalue weighted by molar-refractivity contribution is 0.132. The molecule has 1 N–H and O–H groups in total. The summed E-state index contributed by atoms with van der Waals surface area (Å²) in [5, 5.41) is 2.73. The fourth-order valence-electron chi connectivity index (χ4n) is 2.94. The monoisotopic (exact) mass is 376 g/mol. The number of pyridine rings is 1. The molecule has 2 heterocycles. The van der Waals surface area contributed by atoms with Crippen molar-refractivity contribution in [2.24, 2.45) is 0 Å². The molecule has 1 amide bonds. The average molecular weight is 376 g/mol. The van der Waals surface area contributed by atoms with Crippen LogP contribution in [0, 0.1) is 23.5 Å². The second-order valence-electron chi connectivity index (χ2n) is 6.23. The largest absolute Gasteiger partial charge is 0.439 e. The zero-order valence-electron chi connectivity index (χ0n) is 14.5. The molecule has 0 unspecified atom stereocenters. The van der Waals surface area contributed by atoms with Crippen LogP contribution in [0.4, 0.5) is 13.6 Å². The SMILES string of the molecule is O=C1N[C@@H](c2cc(C#Cc3ccc(F)cc3)ccn2)[C@H](c2ccc(F)cc2)O1. The molecule has 3 aromatic rings. The number of hydrogen-bond donors (Lipinski definition) is 1. The van der Waals surface area contributed by atoms with Gasteiger partial charge >= 0.3 is 6.09 Å². The molecule has 1 saturated heterocycles. The number of cyclic esters (lactones) is 1. The molecule has 1 fully saturated rings. The van der Waals surface area contributed by atoms with Crippen molar-refractivity contribution in [2.75, 3.05) is 0 Å². The predicted molar refractivity (Wildman–Crippen MR) is 98.1 cm³/mol. The molecule has 2 aromatic carbocycles. The van der Waals surface area contributed by atoms with E-state index in [0.29, 0.717) is 22.4 Å². The first-order chi connectivity index (χ1) is 13.6. The second-order valence-corrected chi connectivity index (χ2v) is 6.23. The van der Waals surface area contributed by atoms with Crippen LogP contribution in [0.3, 0.4) is 0 Å². The molecular formula is C22H14F2N2O2. The molecule has 2 atom stereocenters. The Balaban J connectivity index is 1.61. The lowest BCUT2D eigenvalue weighted by Gasteiger charge is -2.17. The van der Waals surface area contributed by atoms with E-state index in [1.54, 1.807) is 42.6 Å². The average Bonchev–Trinajstić information content (AvgIpc) is 3.10. The van der Waals surface area contributed by atoms with E-state index in [1.165, 1.54) is 24.3 Å². The van der Waals surface area contributed by atoms with Gasteiger partial charge in [-0.05, 0) is 54.1 Å². The van der Waals surface area contributed by atoms with E-state index in [0.717, 1.165) is 0 Å². The summed E-state index contributed by atoms with van der Waals surface area (Å²) < 4.78 is 31.5. The number of amides is 1. The van der Waals surface area contributed by atoms with Gasteiger partial charge in [-0.2, -0.15) is 0 Å². The van der Waals surface area contributed by atoms with Gasteiger partial charge in [-0.3, -0.25) is 4.98 Å². The van der Waals surface area contributed by atoms with Crippen LogP contribution in [0.1, 0.15) is 34.5 Å². The maximum atomic E-state index is 13.2. The fourth-order valence-corrected chi connectivity index (χ4v) is 2.94. The molecule has 6 heteroatoms. The summed E-state index contributed by atoms with van der Waals surface area (Å²) in [7, 11) is 0. The third-order valence-corrected chi connectivity index (χ3v) is 4.30. The van der Waals surface area contributed by atoms with E-state index >= 15 is 0 Å². The van der Waals surface area contributed by atoms with Gasteiger partial charge in [0.25, 0.3) is 0 Å². The number of hydrogen-bond acceptors (Lipinski definition) is 3. The minimum Gasteiger partial charge on any atom is -0.439 e. The van der Waals surface area contributed by atoms with E-state index in [2.05, 4.69) is 22.1 Å². The smallest absolute Gasteiger partial charge is 0.408 e. The summed E-state index contributed by atoms with van der Waals surface area (Å²) in [4.78, 5) is 16.1. The van der Waals surface area contributed by atoms with E-state index in [1.807, 2.05) is 0 Å². The molecule has 1 aliphatic rings. The first-order valence-corrected chi connectivity index (χ1v) is 8.55. The number of carbonyl (C=O) groups is 1. The molecule has 0 bridgehead atoms. The minimum absolute atomic E-state index is 0.319. The van der Waals surface area contributed by atoms with E-state index in [-0.39, 0.29) is 11.6 Å². The quantitative estimate of drug-likeness (QED) is 0.679. The van der Waals surface area contributed by atoms with Crippen LogP contribution in [0.5, 0.6) is 0 Å². The Morgan fingerprint density at radius 3 is 2.25 bits per heavy atom. The Bertz CT molecular complexity index is 1070. The van der Waals surface area contributed by atoms with Gasteiger partial charge < -0.3 is 10.1 Å². The predicted octanol–water partition coefficient (Wildman–Crippen LogP) is 4.28. The molecule has 0 spiro atoms. The summed E-state index contributed by atoms with van der Waals surface area (Å²) >= 11 is 0. The van der Waals surface area contributed by atoms with Gasteiger partial charge in [0.05, 0.1) is 5.69 Å². The van der Waals surface area contributed by atoms with Crippen molar-refractivity contribution in [3.8, 4) is 11.8 Å². The number of nitrogens with zero attached hydrogens (tertiary/aromatic N) is 1. The molecule has 1 aromatic heterocycles. The van der Waals surface area contributed by atoms with Crippen LogP contribution in [0.15, 0.2) is 66.9 Å². The highest BCUT2D eigenvalue weighted by Gasteiger charge is 2.37. The molecule has 138 valence electrons. The molecular weight excluding hydrogens is 362 g/mol. The van der Waals surface area contributed by atoms with E-state index < -0.39 is 18.2 Å². The molecule has 1 aliphatic heterocycles. The van der Waals surface area contributed by atoms with Crippen LogP contribution in [0.25, 0.3) is 0 Å². The summed E-state index contributed by atoms with van der Waals surface area (Å²) in [6, 6.07) is 14.6. The van der Waals surface area contributed by atoms with E-state index in [9.17, 15) is 13.6 Å². The highest BCUT2D eigenvalue weighted by Crippen LogP contribution is 2.36. The molecule has 4 nitrogen and oxygen atoms in total. The normalized spacial score (nSPS) is 18.0. The number of rotatable bonds is 2. The summed E-state index contributed by atoms with van der Waals surface area (Å²) in [5.74, 6) is 5.28. The fraction of sp³-hybridized carbons (Fsp3) is 0.0909. The van der Waals surface area contributed by atoms with Crippen molar-refractivity contribution in [3.63, 3.8) is 0 Å². The number of nitrogens with one attached hydrogen (secondary N) is 1. The van der Waals surface area contributed by atoms with Crippen LogP contribution in [0.2, 0.25) is 0 Å². The van der Waals surface area contributed by atoms with Crippen molar-refractivity contribution >= 4 is 6.09 Å². The Morgan fingerprint density at radius 2 is 1.54 bits per heavy atom. The molecule has 0 radical (unpaired) electrons. The van der Waals surface area contributed by atoms with Crippen molar-refractivity contribution in [2.45, 2.75) is 12.1 Å². The van der Waals surface area contributed by atoms with Crippen molar-refractivity contribution in [1.82, 2.24) is 10.3 Å². The minimum atomic E-state index is -0.624. The Kier molecular flexibility index (Phi) is 4.73. The van der Waals surface area contributed by atoms with Crippen molar-refractivity contribution in [1.29, 1.82) is 0 Å². The second kappa shape index (κ2) is 7.49. The van der Waals surface area contributed by atoms with Crippen molar-refractivity contribution in [3.05, 3.63) is 101 Å². The zero-order chi connectivity index (χ0) is 19.5. The van der Waals surface area contributed by atoms with Crippen LogP contribution < -0.4 is 5.32 Å². The molecule has 0 saturated carbocycles. The summed E-state index contributed by atoms with van der Waals surface area (Å²) in [5.41, 5.74) is 2.61. The Hall–Kier alpha value is -3.72. The molecule has 0 aliphatic carbocycles. The van der Waals surface area contributed by atoms with Crippen LogP contribution >= 0.6 is 0 Å². The maximum Gasteiger partial charge on any atom is 0.408 e. The van der Waals surface area contributed by atoms with Gasteiger partial charge in [-0.1, -0.05) is 24.0 Å². The summed E-state index contributed by atoms with van der Waals surface area (Å²) in [6.07, 6.45) is 0.403. The molecule has 28 heavy (non-hydrogen) atoms. The third-order valence-electron chi connectivity index (χ3n) is 4.30. The lowest BCUT2D eigenvalue weighted by atomic mass is 9.99. The van der Waals surface area contributed by atoms with Crippen molar-refractivity contribution < 1.29 is 18.3 Å². The Morgan fingerprint density at radius 1 is 0.893 bits per heavy atom. The van der Waals surface area contributed by atoms with E-state index in [4.69, 9.17) is 4.74 Å². The maximum absolute atomic E-state index is 13.2. The third kappa shape index (κ3) is 3.84.